The third kappa shape index (κ3) is 3.58. The van der Waals surface area contributed by atoms with Crippen LogP contribution in [0.25, 0.3) is 0 Å². The van der Waals surface area contributed by atoms with Crippen molar-refractivity contribution in [2.45, 2.75) is 46.5 Å². The summed E-state index contributed by atoms with van der Waals surface area (Å²) in [6, 6.07) is 2.02. The fourth-order valence-corrected chi connectivity index (χ4v) is 2.48. The second-order valence-corrected chi connectivity index (χ2v) is 5.82. The van der Waals surface area contributed by atoms with Crippen LogP contribution in [0.3, 0.4) is 0 Å². The maximum Gasteiger partial charge on any atom is 0.224 e. The molecule has 0 amide bonds. The Morgan fingerprint density at radius 2 is 2.05 bits per heavy atom. The molecular formula is C15H26N4. The van der Waals surface area contributed by atoms with E-state index in [2.05, 4.69) is 41.0 Å². The Morgan fingerprint density at radius 3 is 2.68 bits per heavy atom. The van der Waals surface area contributed by atoms with Crippen LogP contribution in [0.4, 0.5) is 11.8 Å². The van der Waals surface area contributed by atoms with Crippen LogP contribution in [-0.4, -0.2) is 29.6 Å². The summed E-state index contributed by atoms with van der Waals surface area (Å²) in [5, 5.41) is 3.25. The summed E-state index contributed by atoms with van der Waals surface area (Å²) in [6.45, 7) is 9.99. The summed E-state index contributed by atoms with van der Waals surface area (Å²) in [6.07, 6.45) is 6.73. The van der Waals surface area contributed by atoms with Crippen molar-refractivity contribution in [2.75, 3.05) is 29.9 Å². The molecule has 0 aliphatic carbocycles. The Labute approximate surface area is 116 Å². The molecule has 106 valence electrons. The third-order valence-corrected chi connectivity index (χ3v) is 4.32. The highest BCUT2D eigenvalue weighted by molar-refractivity contribution is 5.42. The Bertz CT molecular complexity index is 397. The van der Waals surface area contributed by atoms with Gasteiger partial charge < -0.3 is 10.2 Å². The normalized spacial score (nSPS) is 18.4. The zero-order chi connectivity index (χ0) is 13.7. The molecule has 0 radical (unpaired) electrons. The standard InChI is InChI=1S/C15H26N4/c1-4-9-16-14-17-10-6-13(18-14)19-11-7-15(3,5-2)8-12-19/h6,10H,4-5,7-9,11-12H2,1-3H3,(H,16,17,18). The molecule has 0 atom stereocenters. The summed E-state index contributed by atoms with van der Waals surface area (Å²) < 4.78 is 0. The molecule has 0 saturated carbocycles. The van der Waals surface area contributed by atoms with Crippen molar-refractivity contribution in [3.05, 3.63) is 12.3 Å². The first-order chi connectivity index (χ1) is 9.17. The average molecular weight is 262 g/mol. The Hall–Kier alpha value is -1.32. The third-order valence-electron chi connectivity index (χ3n) is 4.32. The van der Waals surface area contributed by atoms with E-state index in [1.165, 1.54) is 19.3 Å². The van der Waals surface area contributed by atoms with E-state index in [1.54, 1.807) is 0 Å². The van der Waals surface area contributed by atoms with Gasteiger partial charge in [0.2, 0.25) is 5.95 Å². The Kier molecular flexibility index (Phi) is 4.61. The van der Waals surface area contributed by atoms with Crippen LogP contribution in [-0.2, 0) is 0 Å². The van der Waals surface area contributed by atoms with Gasteiger partial charge in [0.05, 0.1) is 0 Å². The predicted molar refractivity (Wildman–Crippen MR) is 80.7 cm³/mol. The first kappa shape index (κ1) is 14.1. The van der Waals surface area contributed by atoms with Crippen molar-refractivity contribution in [3.8, 4) is 0 Å². The largest absolute Gasteiger partial charge is 0.356 e. The molecule has 19 heavy (non-hydrogen) atoms. The molecule has 1 aromatic rings. The first-order valence-corrected chi connectivity index (χ1v) is 7.49. The molecule has 1 saturated heterocycles. The number of piperidine rings is 1. The van der Waals surface area contributed by atoms with E-state index in [9.17, 15) is 0 Å². The summed E-state index contributed by atoms with van der Waals surface area (Å²) in [4.78, 5) is 11.3. The fraction of sp³-hybridized carbons (Fsp3) is 0.733. The topological polar surface area (TPSA) is 41.1 Å². The minimum atomic E-state index is 0.521. The summed E-state index contributed by atoms with van der Waals surface area (Å²) in [5.41, 5.74) is 0.521. The quantitative estimate of drug-likeness (QED) is 0.884. The van der Waals surface area contributed by atoms with Gasteiger partial charge in [0.1, 0.15) is 5.82 Å². The lowest BCUT2D eigenvalue weighted by atomic mass is 9.78. The van der Waals surface area contributed by atoms with Crippen LogP contribution in [0.5, 0.6) is 0 Å². The van der Waals surface area contributed by atoms with E-state index < -0.39 is 0 Å². The molecule has 0 unspecified atom stereocenters. The average Bonchev–Trinajstić information content (AvgIpc) is 2.46. The van der Waals surface area contributed by atoms with Crippen LogP contribution < -0.4 is 10.2 Å². The molecule has 1 aliphatic rings. The van der Waals surface area contributed by atoms with Crippen LogP contribution in [0.15, 0.2) is 12.3 Å². The Morgan fingerprint density at radius 1 is 1.32 bits per heavy atom. The molecule has 1 N–H and O–H groups in total. The van der Waals surface area contributed by atoms with Gasteiger partial charge in [0.25, 0.3) is 0 Å². The summed E-state index contributed by atoms with van der Waals surface area (Å²) in [7, 11) is 0. The highest BCUT2D eigenvalue weighted by atomic mass is 15.2. The van der Waals surface area contributed by atoms with Crippen molar-refractivity contribution in [3.63, 3.8) is 0 Å². The molecule has 2 rings (SSSR count). The van der Waals surface area contributed by atoms with Crippen LogP contribution in [0.2, 0.25) is 0 Å². The molecule has 1 fully saturated rings. The number of hydrogen-bond acceptors (Lipinski definition) is 4. The van der Waals surface area contributed by atoms with Gasteiger partial charge >= 0.3 is 0 Å². The smallest absolute Gasteiger partial charge is 0.224 e. The first-order valence-electron chi connectivity index (χ1n) is 7.49. The molecule has 1 aliphatic heterocycles. The highest BCUT2D eigenvalue weighted by Gasteiger charge is 2.28. The number of hydrogen-bond donors (Lipinski definition) is 1. The lowest BCUT2D eigenvalue weighted by molar-refractivity contribution is 0.238. The van der Waals surface area contributed by atoms with Crippen molar-refractivity contribution < 1.29 is 0 Å². The summed E-state index contributed by atoms with van der Waals surface area (Å²) >= 11 is 0. The van der Waals surface area contributed by atoms with Gasteiger partial charge in [-0.25, -0.2) is 4.98 Å². The highest BCUT2D eigenvalue weighted by Crippen LogP contribution is 2.35. The number of anilines is 2. The molecule has 4 heteroatoms. The van der Waals surface area contributed by atoms with Gasteiger partial charge in [-0.1, -0.05) is 27.2 Å². The van der Waals surface area contributed by atoms with Crippen molar-refractivity contribution >= 4 is 11.8 Å². The van der Waals surface area contributed by atoms with Gasteiger partial charge in [0.15, 0.2) is 0 Å². The van der Waals surface area contributed by atoms with Crippen LogP contribution in [0.1, 0.15) is 46.5 Å². The zero-order valence-electron chi connectivity index (χ0n) is 12.4. The Balaban J connectivity index is 1.99. The summed E-state index contributed by atoms with van der Waals surface area (Å²) in [5.74, 6) is 1.81. The van der Waals surface area contributed by atoms with Crippen molar-refractivity contribution in [1.29, 1.82) is 0 Å². The number of nitrogens with one attached hydrogen (secondary N) is 1. The SMILES string of the molecule is CCCNc1nccc(N2CCC(C)(CC)CC2)n1. The maximum absolute atomic E-state index is 4.61. The molecule has 0 aromatic carbocycles. The van der Waals surface area contributed by atoms with Gasteiger partial charge in [-0.15, -0.1) is 0 Å². The molecular weight excluding hydrogens is 236 g/mol. The second-order valence-electron chi connectivity index (χ2n) is 5.82. The van der Waals surface area contributed by atoms with Crippen molar-refractivity contribution in [1.82, 2.24) is 9.97 Å². The van der Waals surface area contributed by atoms with E-state index in [0.29, 0.717) is 5.41 Å². The van der Waals surface area contributed by atoms with E-state index in [4.69, 9.17) is 0 Å². The van der Waals surface area contributed by atoms with E-state index in [0.717, 1.165) is 37.8 Å². The van der Waals surface area contributed by atoms with Gasteiger partial charge in [-0.3, -0.25) is 0 Å². The van der Waals surface area contributed by atoms with Gasteiger partial charge in [-0.05, 0) is 30.7 Å². The fourth-order valence-electron chi connectivity index (χ4n) is 2.48. The lowest BCUT2D eigenvalue weighted by Crippen LogP contribution is -2.38. The molecule has 1 aromatic heterocycles. The number of rotatable bonds is 5. The molecule has 4 nitrogen and oxygen atoms in total. The zero-order valence-corrected chi connectivity index (χ0v) is 12.4. The van der Waals surface area contributed by atoms with Crippen LogP contribution in [0, 0.1) is 5.41 Å². The monoisotopic (exact) mass is 262 g/mol. The molecule has 0 spiro atoms. The minimum absolute atomic E-state index is 0.521. The second kappa shape index (κ2) is 6.22. The van der Waals surface area contributed by atoms with E-state index in [1.807, 2.05) is 12.3 Å². The number of aromatic nitrogens is 2. The lowest BCUT2D eigenvalue weighted by Gasteiger charge is -2.39. The van der Waals surface area contributed by atoms with Gasteiger partial charge in [0, 0.05) is 25.8 Å². The van der Waals surface area contributed by atoms with Crippen molar-refractivity contribution in [2.24, 2.45) is 5.41 Å². The van der Waals surface area contributed by atoms with E-state index in [-0.39, 0.29) is 0 Å². The van der Waals surface area contributed by atoms with E-state index >= 15 is 0 Å². The molecule has 2 heterocycles. The maximum atomic E-state index is 4.61. The van der Waals surface area contributed by atoms with Crippen LogP contribution >= 0.6 is 0 Å². The molecule has 0 bridgehead atoms. The number of nitrogens with zero attached hydrogens (tertiary/aromatic N) is 3. The van der Waals surface area contributed by atoms with Gasteiger partial charge in [-0.2, -0.15) is 4.98 Å². The minimum Gasteiger partial charge on any atom is -0.356 e. The predicted octanol–water partition coefficient (Wildman–Crippen LogP) is 3.32.